The molecule has 4 aromatic heterocycles. The number of carbonyl (C=O) groups excluding carboxylic acids is 1. The second-order valence-electron chi connectivity index (χ2n) is 11.8. The Bertz CT molecular complexity index is 1690. The molecule has 45 heavy (non-hydrogen) atoms. The number of imidazole rings is 2. The van der Waals surface area contributed by atoms with Crippen molar-refractivity contribution >= 4 is 28.8 Å². The van der Waals surface area contributed by atoms with Crippen molar-refractivity contribution in [3.63, 3.8) is 0 Å². The first-order chi connectivity index (χ1) is 21.0. The van der Waals surface area contributed by atoms with Crippen molar-refractivity contribution in [2.45, 2.75) is 78.8 Å². The molecule has 0 saturated heterocycles. The Labute approximate surface area is 263 Å². The monoisotopic (exact) mass is 674 g/mol. The lowest BCUT2D eigenvalue weighted by Crippen LogP contribution is -2.42. The van der Waals surface area contributed by atoms with Crippen molar-refractivity contribution in [2.75, 3.05) is 13.1 Å². The van der Waals surface area contributed by atoms with Gasteiger partial charge in [-0.15, -0.1) is 0 Å². The largest absolute Gasteiger partial charge is 0.449 e. The molecule has 1 N–H and O–H groups in total. The van der Waals surface area contributed by atoms with Gasteiger partial charge in [-0.1, -0.05) is 0 Å². The fraction of sp³-hybridized carbons (Fsp3) is 0.483. The van der Waals surface area contributed by atoms with Crippen LogP contribution in [-0.2, 0) is 43.3 Å². The van der Waals surface area contributed by atoms with E-state index in [9.17, 15) is 31.1 Å². The van der Waals surface area contributed by atoms with Gasteiger partial charge >= 0.3 is 18.4 Å². The number of fused-ring (bicyclic) bond motifs is 2. The van der Waals surface area contributed by atoms with Gasteiger partial charge in [-0.2, -0.15) is 49.0 Å². The van der Waals surface area contributed by atoms with Gasteiger partial charge in [0, 0.05) is 54.6 Å². The van der Waals surface area contributed by atoms with E-state index in [2.05, 4.69) is 15.3 Å². The minimum atomic E-state index is -4.55. The zero-order valence-corrected chi connectivity index (χ0v) is 26.8. The maximum atomic E-state index is 13.4. The predicted molar refractivity (Wildman–Crippen MR) is 159 cm³/mol. The lowest BCUT2D eigenvalue weighted by atomic mass is 10.1. The molecular weight excluding hydrogens is 642 g/mol. The Hall–Kier alpha value is -3.37. The van der Waals surface area contributed by atoms with E-state index in [4.69, 9.17) is 4.74 Å². The summed E-state index contributed by atoms with van der Waals surface area (Å²) in [6.07, 6.45) is -9.49. The third-order valence-electron chi connectivity index (χ3n) is 7.26. The first-order valence-corrected chi connectivity index (χ1v) is 15.9. The highest BCUT2D eigenvalue weighted by molar-refractivity contribution is 7.08. The number of alkyl halides is 6. The van der Waals surface area contributed by atoms with Gasteiger partial charge in [-0.3, -0.25) is 0 Å². The number of amides is 1. The van der Waals surface area contributed by atoms with E-state index in [1.165, 1.54) is 36.7 Å². The molecule has 4 aromatic rings. The molecule has 0 saturated carbocycles. The number of nitrogens with one attached hydrogen (secondary N) is 1. The average Bonchev–Trinajstić information content (AvgIpc) is 3.71. The van der Waals surface area contributed by atoms with Crippen LogP contribution in [0, 0.1) is 13.8 Å². The summed E-state index contributed by atoms with van der Waals surface area (Å²) in [5.74, 6) is -1.71. The SMILES string of the molecule is Cc1cscc1-c1nc(C(F)(F)F)n2c1CN(C(=O)OC(C)(C)C)CC2.Cc1cscc1-c1nc(C(F)(F)F)n2c1CNCC2. The molecule has 0 bridgehead atoms. The van der Waals surface area contributed by atoms with E-state index >= 15 is 0 Å². The van der Waals surface area contributed by atoms with Gasteiger partial charge in [0.2, 0.25) is 11.6 Å². The minimum absolute atomic E-state index is 0.0274. The van der Waals surface area contributed by atoms with E-state index in [-0.39, 0.29) is 25.3 Å². The molecule has 6 rings (SSSR count). The van der Waals surface area contributed by atoms with Crippen molar-refractivity contribution in [3.05, 3.63) is 55.7 Å². The van der Waals surface area contributed by atoms with Crippen LogP contribution in [0.2, 0.25) is 0 Å². The lowest BCUT2D eigenvalue weighted by Gasteiger charge is -2.31. The van der Waals surface area contributed by atoms with Crippen molar-refractivity contribution in [1.82, 2.24) is 29.3 Å². The minimum Gasteiger partial charge on any atom is -0.444 e. The van der Waals surface area contributed by atoms with Gasteiger partial charge in [0.15, 0.2) is 0 Å². The smallest absolute Gasteiger partial charge is 0.444 e. The molecule has 0 fully saturated rings. The maximum absolute atomic E-state index is 13.4. The second kappa shape index (κ2) is 12.1. The van der Waals surface area contributed by atoms with Crippen LogP contribution in [0.5, 0.6) is 0 Å². The molecule has 6 heterocycles. The number of thiophene rings is 2. The number of hydrogen-bond acceptors (Lipinski definition) is 7. The fourth-order valence-electron chi connectivity index (χ4n) is 5.22. The molecule has 0 unspecified atom stereocenters. The highest BCUT2D eigenvalue weighted by atomic mass is 32.1. The molecule has 0 radical (unpaired) electrons. The summed E-state index contributed by atoms with van der Waals surface area (Å²) >= 11 is 2.89. The van der Waals surface area contributed by atoms with Crippen LogP contribution in [0.4, 0.5) is 31.1 Å². The zero-order chi connectivity index (χ0) is 32.9. The van der Waals surface area contributed by atoms with Crippen LogP contribution in [0.1, 0.15) is 54.9 Å². The van der Waals surface area contributed by atoms with E-state index in [1.807, 2.05) is 30.0 Å². The third-order valence-corrected chi connectivity index (χ3v) is 8.99. The molecule has 1 amide bonds. The summed E-state index contributed by atoms with van der Waals surface area (Å²) in [6.45, 7) is 10.4. The van der Waals surface area contributed by atoms with Crippen LogP contribution in [0.25, 0.3) is 22.5 Å². The molecule has 2 aliphatic rings. The quantitative estimate of drug-likeness (QED) is 0.220. The van der Waals surface area contributed by atoms with Gasteiger partial charge in [0.05, 0.1) is 29.3 Å². The summed E-state index contributed by atoms with van der Waals surface area (Å²) in [4.78, 5) is 21.5. The van der Waals surface area contributed by atoms with Crippen LogP contribution in [0.3, 0.4) is 0 Å². The van der Waals surface area contributed by atoms with Crippen LogP contribution in [0.15, 0.2) is 21.5 Å². The molecule has 16 heteroatoms. The molecule has 0 spiro atoms. The van der Waals surface area contributed by atoms with Crippen molar-refractivity contribution in [3.8, 4) is 22.5 Å². The van der Waals surface area contributed by atoms with Gasteiger partial charge in [-0.05, 0) is 56.5 Å². The Balaban J connectivity index is 0.000000186. The Kier molecular flexibility index (Phi) is 8.87. The molecule has 244 valence electrons. The summed E-state index contributed by atoms with van der Waals surface area (Å²) in [6, 6.07) is 0. The average molecular weight is 675 g/mol. The number of nitrogens with zero attached hydrogens (tertiary/aromatic N) is 5. The van der Waals surface area contributed by atoms with E-state index in [1.54, 1.807) is 26.2 Å². The third kappa shape index (κ3) is 6.92. The van der Waals surface area contributed by atoms with E-state index in [0.29, 0.717) is 42.3 Å². The predicted octanol–water partition coefficient (Wildman–Crippen LogP) is 7.73. The summed E-state index contributed by atoms with van der Waals surface area (Å²) in [5, 5.41) is 10.5. The highest BCUT2D eigenvalue weighted by Crippen LogP contribution is 2.39. The molecule has 0 atom stereocenters. The number of ether oxygens (including phenoxy) is 1. The highest BCUT2D eigenvalue weighted by Gasteiger charge is 2.42. The molecule has 2 aliphatic heterocycles. The summed E-state index contributed by atoms with van der Waals surface area (Å²) < 4.78 is 87.2. The molecular formula is C29H32F6N6O2S2. The number of rotatable bonds is 2. The first kappa shape index (κ1) is 33.0. The van der Waals surface area contributed by atoms with Crippen LogP contribution >= 0.6 is 22.7 Å². The lowest BCUT2D eigenvalue weighted by molar-refractivity contribution is -0.148. The molecule has 0 aliphatic carbocycles. The number of hydrogen-bond donors (Lipinski definition) is 1. The summed E-state index contributed by atoms with van der Waals surface area (Å²) in [7, 11) is 0. The number of halogens is 6. The van der Waals surface area contributed by atoms with E-state index < -0.39 is 35.7 Å². The number of carbonyl (C=O) groups is 1. The number of aromatic nitrogens is 4. The Morgan fingerprint density at radius 2 is 1.31 bits per heavy atom. The van der Waals surface area contributed by atoms with Crippen LogP contribution < -0.4 is 5.32 Å². The van der Waals surface area contributed by atoms with Gasteiger partial charge in [0.1, 0.15) is 5.60 Å². The standard InChI is InChI=1S/C17H20F3N3O2S.C12H12F3N3S/c1-10-8-26-9-11(10)13-12-7-22(15(24)25-16(2,3)4)5-6-23(12)14(21-13)17(18,19)20;1-7-5-19-6-8(7)10-9-4-16-2-3-18(9)11(17-10)12(13,14)15/h8-9H,5-7H2,1-4H3;5-6,16H,2-4H2,1H3. The van der Waals surface area contributed by atoms with Crippen molar-refractivity contribution in [2.24, 2.45) is 0 Å². The van der Waals surface area contributed by atoms with Gasteiger partial charge in [0.25, 0.3) is 0 Å². The van der Waals surface area contributed by atoms with Gasteiger partial charge in [-0.25, -0.2) is 14.8 Å². The fourth-order valence-corrected chi connectivity index (χ4v) is 6.89. The topological polar surface area (TPSA) is 77.2 Å². The van der Waals surface area contributed by atoms with E-state index in [0.717, 1.165) is 16.7 Å². The maximum Gasteiger partial charge on any atom is 0.449 e. The summed E-state index contributed by atoms with van der Waals surface area (Å²) in [5.41, 5.74) is 4.37. The zero-order valence-electron chi connectivity index (χ0n) is 25.2. The van der Waals surface area contributed by atoms with Crippen molar-refractivity contribution in [1.29, 1.82) is 0 Å². The second-order valence-corrected chi connectivity index (χ2v) is 13.3. The van der Waals surface area contributed by atoms with Gasteiger partial charge < -0.3 is 24.1 Å². The van der Waals surface area contributed by atoms with Crippen LogP contribution in [-0.4, -0.2) is 48.8 Å². The Morgan fingerprint density at radius 1 is 0.800 bits per heavy atom. The molecule has 8 nitrogen and oxygen atoms in total. The first-order valence-electron chi connectivity index (χ1n) is 14.0. The normalized spacial score (nSPS) is 15.3. The molecule has 0 aromatic carbocycles. The number of aryl methyl sites for hydroxylation is 2. The Morgan fingerprint density at radius 3 is 1.78 bits per heavy atom. The van der Waals surface area contributed by atoms with Crippen molar-refractivity contribution < 1.29 is 35.9 Å².